The molecule has 6 atom stereocenters. The van der Waals surface area contributed by atoms with Gasteiger partial charge < -0.3 is 5.11 Å². The van der Waals surface area contributed by atoms with E-state index < -0.39 is 35.0 Å². The molecule has 1 saturated carbocycles. The maximum Gasteiger partial charge on any atom is 0.241 e. The summed E-state index contributed by atoms with van der Waals surface area (Å²) in [5, 5.41) is 11.3. The quantitative estimate of drug-likeness (QED) is 0.289. The first-order valence-corrected chi connectivity index (χ1v) is 15.0. The van der Waals surface area contributed by atoms with Crippen LogP contribution in [0.25, 0.3) is 0 Å². The van der Waals surface area contributed by atoms with Crippen molar-refractivity contribution in [2.75, 3.05) is 9.80 Å². The predicted molar refractivity (Wildman–Crippen MR) is 161 cm³/mol. The fourth-order valence-electron chi connectivity index (χ4n) is 7.94. The monoisotopic (exact) mass is 624 g/mol. The zero-order chi connectivity index (χ0) is 29.5. The molecule has 8 heteroatoms. The maximum atomic E-state index is 14.4. The van der Waals surface area contributed by atoms with Crippen LogP contribution in [0.15, 0.2) is 88.9 Å². The Labute approximate surface area is 251 Å². The smallest absolute Gasteiger partial charge is 0.241 e. The first-order chi connectivity index (χ1) is 20.1. The molecule has 3 aromatic carbocycles. The number of aromatic hydroxyl groups is 1. The number of hydrogen-bond acceptors (Lipinski definition) is 5. The summed E-state index contributed by atoms with van der Waals surface area (Å²) in [5.74, 6) is -4.10. The number of nitrogens with zero attached hydrogens (tertiary/aromatic N) is 2. The SMILES string of the molecule is Cc1cccc([C@H]2C3=CC[C@@H]4C(=O)N(c5ccc(Br)cc5)C(=O)[C@@H]4[C@@H]3C[C@H]3C(=O)N(c4ccccc4)C(=O)[C@@]23C)c1O. The van der Waals surface area contributed by atoms with Gasteiger partial charge in [0.2, 0.25) is 23.6 Å². The van der Waals surface area contributed by atoms with Gasteiger partial charge in [-0.1, -0.05) is 64.0 Å². The van der Waals surface area contributed by atoms with Gasteiger partial charge in [-0.3, -0.25) is 24.1 Å². The van der Waals surface area contributed by atoms with Crippen LogP contribution in [0.5, 0.6) is 5.75 Å². The van der Waals surface area contributed by atoms with E-state index in [0.717, 1.165) is 10.0 Å². The number of rotatable bonds is 3. The third kappa shape index (κ3) is 3.57. The second kappa shape index (κ2) is 9.49. The number of allylic oxidation sites excluding steroid dienone is 2. The number of carbonyl (C=O) groups is 4. The van der Waals surface area contributed by atoms with Crippen LogP contribution >= 0.6 is 15.9 Å². The van der Waals surface area contributed by atoms with Gasteiger partial charge >= 0.3 is 0 Å². The predicted octanol–water partition coefficient (Wildman–Crippen LogP) is 5.90. The number of phenolic OH excluding ortho intramolecular Hbond substituents is 1. The number of halogens is 1. The summed E-state index contributed by atoms with van der Waals surface area (Å²) in [7, 11) is 0. The van der Waals surface area contributed by atoms with Crippen LogP contribution in [0, 0.1) is 36.0 Å². The molecule has 212 valence electrons. The van der Waals surface area contributed by atoms with Crippen molar-refractivity contribution in [3.63, 3.8) is 0 Å². The standard InChI is InChI=1S/C34H29BrN2O5/c1-18-7-6-10-24(29(18)38)28-22-15-16-23-27(32(41)36(30(23)39)21-13-11-19(35)12-14-21)25(22)17-26-31(40)37(33(42)34(26,28)2)20-8-4-3-5-9-20/h3-15,23,25-28,38H,16-17H2,1-2H3/t23-,25+,26-,27-,28+,34+/m0/s1. The molecule has 0 aromatic heterocycles. The number of hydrogen-bond donors (Lipinski definition) is 1. The molecule has 2 aliphatic carbocycles. The fourth-order valence-corrected chi connectivity index (χ4v) is 8.21. The lowest BCUT2D eigenvalue weighted by Gasteiger charge is -2.49. The van der Waals surface area contributed by atoms with E-state index in [4.69, 9.17) is 0 Å². The molecule has 7 nitrogen and oxygen atoms in total. The van der Waals surface area contributed by atoms with E-state index in [1.807, 2.05) is 31.2 Å². The van der Waals surface area contributed by atoms with Gasteiger partial charge in [0.1, 0.15) is 5.75 Å². The Bertz CT molecular complexity index is 1700. The lowest BCUT2D eigenvalue weighted by Crippen LogP contribution is -2.49. The van der Waals surface area contributed by atoms with E-state index in [2.05, 4.69) is 15.9 Å². The van der Waals surface area contributed by atoms with Crippen LogP contribution in [0.2, 0.25) is 0 Å². The number of carbonyl (C=O) groups excluding carboxylic acids is 4. The molecular formula is C34H29BrN2O5. The highest BCUT2D eigenvalue weighted by atomic mass is 79.9. The van der Waals surface area contributed by atoms with E-state index in [0.29, 0.717) is 28.9 Å². The van der Waals surface area contributed by atoms with Crippen LogP contribution in [-0.4, -0.2) is 28.7 Å². The molecule has 42 heavy (non-hydrogen) atoms. The number of anilines is 2. The van der Waals surface area contributed by atoms with Crippen LogP contribution in [-0.2, 0) is 19.2 Å². The summed E-state index contributed by atoms with van der Waals surface area (Å²) in [5.41, 5.74) is 1.90. The summed E-state index contributed by atoms with van der Waals surface area (Å²) in [6.45, 7) is 3.63. The Balaban J connectivity index is 1.38. The molecule has 2 aliphatic heterocycles. The topological polar surface area (TPSA) is 95.0 Å². The second-order valence-electron chi connectivity index (χ2n) is 12.0. The van der Waals surface area contributed by atoms with Gasteiger partial charge in [0, 0.05) is 16.0 Å². The Morgan fingerprint density at radius 2 is 1.50 bits per heavy atom. The number of phenols is 1. The largest absolute Gasteiger partial charge is 0.507 e. The Kier molecular flexibility index (Phi) is 6.06. The molecule has 2 heterocycles. The van der Waals surface area contributed by atoms with E-state index in [9.17, 15) is 24.3 Å². The van der Waals surface area contributed by atoms with Crippen molar-refractivity contribution in [1.82, 2.24) is 0 Å². The van der Waals surface area contributed by atoms with Gasteiger partial charge in [-0.15, -0.1) is 0 Å². The first kappa shape index (κ1) is 26.8. The summed E-state index contributed by atoms with van der Waals surface area (Å²) in [6.07, 6.45) is 2.62. The van der Waals surface area contributed by atoms with Crippen molar-refractivity contribution in [2.24, 2.45) is 29.1 Å². The highest BCUT2D eigenvalue weighted by molar-refractivity contribution is 9.10. The van der Waals surface area contributed by atoms with Gasteiger partial charge in [-0.25, -0.2) is 4.90 Å². The lowest BCUT2D eigenvalue weighted by atomic mass is 9.51. The van der Waals surface area contributed by atoms with Gasteiger partial charge in [-0.05, 0) is 74.6 Å². The molecule has 0 unspecified atom stereocenters. The highest BCUT2D eigenvalue weighted by Gasteiger charge is 2.68. The van der Waals surface area contributed by atoms with Crippen molar-refractivity contribution < 1.29 is 24.3 Å². The molecule has 7 rings (SSSR count). The number of benzene rings is 3. The molecular weight excluding hydrogens is 596 g/mol. The van der Waals surface area contributed by atoms with Crippen molar-refractivity contribution in [2.45, 2.75) is 32.6 Å². The molecule has 3 aromatic rings. The molecule has 3 fully saturated rings. The van der Waals surface area contributed by atoms with Crippen molar-refractivity contribution in [3.8, 4) is 5.75 Å². The Morgan fingerprint density at radius 1 is 0.810 bits per heavy atom. The van der Waals surface area contributed by atoms with E-state index in [1.165, 1.54) is 9.80 Å². The molecule has 0 spiro atoms. The van der Waals surface area contributed by atoms with Crippen LogP contribution in [0.3, 0.4) is 0 Å². The van der Waals surface area contributed by atoms with Crippen molar-refractivity contribution in [1.29, 1.82) is 0 Å². The molecule has 0 bridgehead atoms. The van der Waals surface area contributed by atoms with E-state index in [-0.39, 0.29) is 35.8 Å². The number of aryl methyl sites for hydroxylation is 1. The molecule has 4 aliphatic rings. The summed E-state index contributed by atoms with van der Waals surface area (Å²) < 4.78 is 0.839. The summed E-state index contributed by atoms with van der Waals surface area (Å²) >= 11 is 3.41. The van der Waals surface area contributed by atoms with E-state index in [1.54, 1.807) is 61.5 Å². The number of para-hydroxylation sites is 2. The highest BCUT2D eigenvalue weighted by Crippen LogP contribution is 2.64. The normalized spacial score (nSPS) is 30.3. The third-order valence-electron chi connectivity index (χ3n) is 9.95. The van der Waals surface area contributed by atoms with Crippen LogP contribution in [0.1, 0.15) is 36.8 Å². The van der Waals surface area contributed by atoms with Crippen molar-refractivity contribution in [3.05, 3.63) is 100 Å². The minimum absolute atomic E-state index is 0.0786. The van der Waals surface area contributed by atoms with Crippen LogP contribution < -0.4 is 9.80 Å². The number of imide groups is 2. The lowest BCUT2D eigenvalue weighted by molar-refractivity contribution is -0.131. The molecule has 1 N–H and O–H groups in total. The van der Waals surface area contributed by atoms with Gasteiger partial charge in [0.05, 0.1) is 34.5 Å². The zero-order valence-corrected chi connectivity index (χ0v) is 24.7. The second-order valence-corrected chi connectivity index (χ2v) is 12.9. The molecule has 2 saturated heterocycles. The molecule has 0 radical (unpaired) electrons. The van der Waals surface area contributed by atoms with Gasteiger partial charge in [0.15, 0.2) is 0 Å². The van der Waals surface area contributed by atoms with Crippen molar-refractivity contribution >= 4 is 50.9 Å². The third-order valence-corrected chi connectivity index (χ3v) is 10.5. The average Bonchev–Trinajstić information content (AvgIpc) is 3.35. The maximum absolute atomic E-state index is 14.4. The summed E-state index contributed by atoms with van der Waals surface area (Å²) in [4.78, 5) is 58.9. The Morgan fingerprint density at radius 3 is 2.21 bits per heavy atom. The Hall–Kier alpha value is -4.04. The van der Waals surface area contributed by atoms with E-state index >= 15 is 0 Å². The fraction of sp³-hybridized carbons (Fsp3) is 0.294. The number of fused-ring (bicyclic) bond motifs is 4. The van der Waals surface area contributed by atoms with Gasteiger partial charge in [-0.2, -0.15) is 0 Å². The molecule has 4 amide bonds. The van der Waals surface area contributed by atoms with Gasteiger partial charge in [0.25, 0.3) is 0 Å². The minimum atomic E-state index is -1.19. The summed E-state index contributed by atoms with van der Waals surface area (Å²) in [6, 6.07) is 21.4. The minimum Gasteiger partial charge on any atom is -0.507 e. The zero-order valence-electron chi connectivity index (χ0n) is 23.2. The average molecular weight is 626 g/mol. The first-order valence-electron chi connectivity index (χ1n) is 14.2. The number of amides is 4. The van der Waals surface area contributed by atoms with Crippen LogP contribution in [0.4, 0.5) is 11.4 Å².